The van der Waals surface area contributed by atoms with Crippen LogP contribution in [0.15, 0.2) is 34.6 Å². The molecule has 1 aromatic heterocycles. The Balaban J connectivity index is 2.24. The topological polar surface area (TPSA) is 184 Å². The van der Waals surface area contributed by atoms with Crippen molar-refractivity contribution in [2.45, 2.75) is 20.8 Å². The number of hydrogen-bond donors (Lipinski definition) is 1. The summed E-state index contributed by atoms with van der Waals surface area (Å²) >= 11 is 0.748. The zero-order valence-electron chi connectivity index (χ0n) is 20.4. The third kappa shape index (κ3) is 10.0. The highest BCUT2D eigenvalue weighted by Crippen LogP contribution is 2.33. The SMILES string of the molecule is CCOC(=O)OCCN(CCOC(=O)OCC)c1ccc(N=Nc2ncc([N+](=O)[O-])s2)c(NC(C)=O)c1. The van der Waals surface area contributed by atoms with Gasteiger partial charge in [-0.25, -0.2) is 14.6 Å². The molecule has 1 N–H and O–H groups in total. The van der Waals surface area contributed by atoms with Gasteiger partial charge in [0, 0.05) is 12.6 Å². The van der Waals surface area contributed by atoms with Crippen molar-refractivity contribution in [1.82, 2.24) is 4.98 Å². The average Bonchev–Trinajstić information content (AvgIpc) is 3.32. The lowest BCUT2D eigenvalue weighted by molar-refractivity contribution is -0.380. The number of amides is 1. The smallest absolute Gasteiger partial charge is 0.435 e. The molecule has 0 spiro atoms. The number of aromatic nitrogens is 1. The van der Waals surface area contributed by atoms with Crippen molar-refractivity contribution in [2.75, 3.05) is 49.7 Å². The van der Waals surface area contributed by atoms with Crippen LogP contribution < -0.4 is 10.2 Å². The van der Waals surface area contributed by atoms with Crippen molar-refractivity contribution in [3.63, 3.8) is 0 Å². The van der Waals surface area contributed by atoms with Crippen LogP contribution in [-0.2, 0) is 23.7 Å². The molecule has 1 heterocycles. The van der Waals surface area contributed by atoms with Crippen LogP contribution in [0.5, 0.6) is 0 Å². The van der Waals surface area contributed by atoms with Gasteiger partial charge in [0.1, 0.15) is 25.1 Å². The van der Waals surface area contributed by atoms with Crippen molar-refractivity contribution in [3.05, 3.63) is 34.5 Å². The van der Waals surface area contributed by atoms with Gasteiger partial charge in [-0.3, -0.25) is 14.9 Å². The van der Waals surface area contributed by atoms with Gasteiger partial charge in [0.15, 0.2) is 0 Å². The summed E-state index contributed by atoms with van der Waals surface area (Å²) in [5.74, 6) is -0.374. The Labute approximate surface area is 215 Å². The number of azo groups is 1. The second-order valence-electron chi connectivity index (χ2n) is 6.87. The minimum Gasteiger partial charge on any atom is -0.435 e. The van der Waals surface area contributed by atoms with Gasteiger partial charge < -0.3 is 29.2 Å². The minimum absolute atomic E-state index is 0.0298. The molecule has 0 saturated carbocycles. The van der Waals surface area contributed by atoms with E-state index in [1.54, 1.807) is 36.9 Å². The monoisotopic (exact) mass is 538 g/mol. The molecule has 200 valence electrons. The van der Waals surface area contributed by atoms with E-state index in [-0.39, 0.29) is 61.2 Å². The highest BCUT2D eigenvalue weighted by atomic mass is 32.1. The summed E-state index contributed by atoms with van der Waals surface area (Å²) < 4.78 is 19.6. The molecule has 0 bridgehead atoms. The van der Waals surface area contributed by atoms with E-state index in [0.717, 1.165) is 17.5 Å². The van der Waals surface area contributed by atoms with Crippen LogP contribution in [0.4, 0.5) is 36.8 Å². The van der Waals surface area contributed by atoms with Crippen LogP contribution in [0.3, 0.4) is 0 Å². The van der Waals surface area contributed by atoms with E-state index in [9.17, 15) is 24.5 Å². The number of carbonyl (C=O) groups is 3. The first kappa shape index (κ1) is 28.9. The van der Waals surface area contributed by atoms with Crippen LogP contribution in [0.25, 0.3) is 0 Å². The van der Waals surface area contributed by atoms with Gasteiger partial charge in [0.05, 0.1) is 36.9 Å². The van der Waals surface area contributed by atoms with Gasteiger partial charge >= 0.3 is 17.3 Å². The summed E-state index contributed by atoms with van der Waals surface area (Å²) in [5.41, 5.74) is 1.14. The molecule has 37 heavy (non-hydrogen) atoms. The van der Waals surface area contributed by atoms with Crippen LogP contribution in [0, 0.1) is 10.1 Å². The van der Waals surface area contributed by atoms with Crippen molar-refractivity contribution in [1.29, 1.82) is 0 Å². The molecule has 0 aliphatic carbocycles. The number of nitrogens with one attached hydrogen (secondary N) is 1. The van der Waals surface area contributed by atoms with Crippen molar-refractivity contribution < 1.29 is 38.3 Å². The maximum atomic E-state index is 11.8. The number of rotatable bonds is 13. The number of anilines is 2. The molecule has 0 aliphatic rings. The zero-order valence-corrected chi connectivity index (χ0v) is 21.2. The number of ether oxygens (including phenoxy) is 4. The fourth-order valence-corrected chi connectivity index (χ4v) is 3.30. The number of nitrogens with zero attached hydrogens (tertiary/aromatic N) is 5. The van der Waals surface area contributed by atoms with E-state index >= 15 is 0 Å². The standard InChI is InChI=1S/C21H26N6O9S/c1-4-33-20(29)35-10-8-26(9-11-36-21(30)34-5-2)15-6-7-16(17(12-15)23-14(3)28)24-25-19-22-13-18(37-19)27(31)32/h6-7,12-13H,4-5,8-11H2,1-3H3,(H,23,28). The molecule has 0 aliphatic heterocycles. The molecule has 2 aromatic rings. The van der Waals surface area contributed by atoms with Crippen LogP contribution >= 0.6 is 11.3 Å². The normalized spacial score (nSPS) is 10.6. The second kappa shape index (κ2) is 14.9. The molecule has 0 radical (unpaired) electrons. The Morgan fingerprint density at radius 1 is 1.05 bits per heavy atom. The summed E-state index contributed by atoms with van der Waals surface area (Å²) in [6, 6.07) is 4.84. The van der Waals surface area contributed by atoms with E-state index in [1.165, 1.54) is 6.92 Å². The average molecular weight is 539 g/mol. The highest BCUT2D eigenvalue weighted by molar-refractivity contribution is 7.18. The summed E-state index contributed by atoms with van der Waals surface area (Å²) in [7, 11) is 0. The quantitative estimate of drug-likeness (QED) is 0.163. The van der Waals surface area contributed by atoms with Gasteiger partial charge in [-0.2, -0.15) is 0 Å². The fraction of sp³-hybridized carbons (Fsp3) is 0.429. The van der Waals surface area contributed by atoms with E-state index in [2.05, 4.69) is 20.5 Å². The predicted octanol–water partition coefficient (Wildman–Crippen LogP) is 4.58. The van der Waals surface area contributed by atoms with Crippen molar-refractivity contribution >= 4 is 56.7 Å². The first-order chi connectivity index (χ1) is 17.7. The van der Waals surface area contributed by atoms with Crippen molar-refractivity contribution in [3.8, 4) is 0 Å². The lowest BCUT2D eigenvalue weighted by Crippen LogP contribution is -2.32. The summed E-state index contributed by atoms with van der Waals surface area (Å²) in [6.45, 7) is 5.30. The van der Waals surface area contributed by atoms with E-state index in [0.29, 0.717) is 11.4 Å². The molecule has 0 unspecified atom stereocenters. The summed E-state index contributed by atoms with van der Waals surface area (Å²) in [6.07, 6.45) is -0.560. The molecule has 0 saturated heterocycles. The Morgan fingerprint density at radius 2 is 1.68 bits per heavy atom. The molecule has 15 nitrogen and oxygen atoms in total. The Hall–Kier alpha value is -4.34. The van der Waals surface area contributed by atoms with E-state index in [4.69, 9.17) is 18.9 Å². The first-order valence-corrected chi connectivity index (χ1v) is 11.8. The minimum atomic E-state index is -0.817. The second-order valence-corrected chi connectivity index (χ2v) is 7.86. The number of benzene rings is 1. The molecule has 16 heteroatoms. The lowest BCUT2D eigenvalue weighted by Gasteiger charge is -2.25. The molecular formula is C21H26N6O9S. The Bertz CT molecular complexity index is 1100. The first-order valence-electron chi connectivity index (χ1n) is 11.0. The van der Waals surface area contributed by atoms with Gasteiger partial charge in [-0.05, 0) is 43.4 Å². The largest absolute Gasteiger partial charge is 0.508 e. The number of carbonyl (C=O) groups excluding carboxylic acids is 3. The Kier molecular flexibility index (Phi) is 11.7. The zero-order chi connectivity index (χ0) is 27.2. The summed E-state index contributed by atoms with van der Waals surface area (Å²) in [4.78, 5) is 50.7. The fourth-order valence-electron chi connectivity index (χ4n) is 2.75. The molecule has 2 rings (SSSR count). The van der Waals surface area contributed by atoms with Crippen molar-refractivity contribution in [2.24, 2.45) is 10.2 Å². The number of thiazole rings is 1. The molecule has 1 aromatic carbocycles. The summed E-state index contributed by atoms with van der Waals surface area (Å²) in [5, 5.41) is 21.4. The van der Waals surface area contributed by atoms with Gasteiger partial charge in [-0.15, -0.1) is 10.2 Å². The number of nitro groups is 1. The van der Waals surface area contributed by atoms with Gasteiger partial charge in [0.25, 0.3) is 0 Å². The highest BCUT2D eigenvalue weighted by Gasteiger charge is 2.15. The van der Waals surface area contributed by atoms with Crippen LogP contribution in [0.2, 0.25) is 0 Å². The van der Waals surface area contributed by atoms with Crippen LogP contribution in [-0.4, -0.2) is 67.6 Å². The third-order valence-corrected chi connectivity index (χ3v) is 5.08. The van der Waals surface area contributed by atoms with E-state index in [1.807, 2.05) is 0 Å². The maximum absolute atomic E-state index is 11.8. The maximum Gasteiger partial charge on any atom is 0.508 e. The van der Waals surface area contributed by atoms with E-state index < -0.39 is 17.2 Å². The molecule has 0 fully saturated rings. The third-order valence-electron chi connectivity index (χ3n) is 4.25. The van der Waals surface area contributed by atoms with Gasteiger partial charge in [0.2, 0.25) is 11.0 Å². The number of hydrogen-bond acceptors (Lipinski definition) is 14. The predicted molar refractivity (Wildman–Crippen MR) is 132 cm³/mol. The molecule has 1 amide bonds. The van der Waals surface area contributed by atoms with Crippen LogP contribution in [0.1, 0.15) is 20.8 Å². The Morgan fingerprint density at radius 3 is 2.19 bits per heavy atom. The molecular weight excluding hydrogens is 512 g/mol. The molecule has 0 atom stereocenters. The van der Waals surface area contributed by atoms with Gasteiger partial charge in [-0.1, -0.05) is 0 Å². The lowest BCUT2D eigenvalue weighted by atomic mass is 10.2.